The van der Waals surface area contributed by atoms with Gasteiger partial charge in [0.2, 0.25) is 0 Å². The number of thiophene rings is 1. The molecule has 0 amide bonds. The zero-order chi connectivity index (χ0) is 18.3. The molecule has 0 saturated heterocycles. The van der Waals surface area contributed by atoms with E-state index in [2.05, 4.69) is 29.4 Å². The molecule has 0 fully saturated rings. The lowest BCUT2D eigenvalue weighted by molar-refractivity contribution is 0.405. The van der Waals surface area contributed by atoms with E-state index in [9.17, 15) is 4.79 Å². The Hall–Kier alpha value is -2.92. The summed E-state index contributed by atoms with van der Waals surface area (Å²) in [6.07, 6.45) is 0. The fraction of sp³-hybridized carbons (Fsp3) is 0.143. The van der Waals surface area contributed by atoms with E-state index >= 15 is 0 Å². The number of aryl methyl sites for hydroxylation is 2. The van der Waals surface area contributed by atoms with Crippen molar-refractivity contribution in [1.82, 2.24) is 9.78 Å². The Labute approximate surface area is 155 Å². The first kappa shape index (κ1) is 16.5. The summed E-state index contributed by atoms with van der Waals surface area (Å²) in [5.41, 5.74) is 3.10. The maximum absolute atomic E-state index is 13.1. The van der Waals surface area contributed by atoms with E-state index in [1.54, 1.807) is 25.5 Å². The first-order valence-corrected chi connectivity index (χ1v) is 9.12. The van der Waals surface area contributed by atoms with Crippen LogP contribution in [-0.4, -0.2) is 16.9 Å². The Kier molecular flexibility index (Phi) is 4.09. The maximum atomic E-state index is 13.1. The van der Waals surface area contributed by atoms with Crippen molar-refractivity contribution in [3.8, 4) is 27.3 Å². The summed E-state index contributed by atoms with van der Waals surface area (Å²) in [4.78, 5) is 14.1. The van der Waals surface area contributed by atoms with Gasteiger partial charge < -0.3 is 4.74 Å². The van der Waals surface area contributed by atoms with Gasteiger partial charge in [-0.2, -0.15) is 5.10 Å². The number of rotatable bonds is 3. The van der Waals surface area contributed by atoms with E-state index < -0.39 is 0 Å². The van der Waals surface area contributed by atoms with E-state index in [4.69, 9.17) is 4.74 Å². The molecule has 4 rings (SSSR count). The van der Waals surface area contributed by atoms with Crippen molar-refractivity contribution in [3.05, 3.63) is 70.6 Å². The van der Waals surface area contributed by atoms with E-state index in [1.165, 1.54) is 4.68 Å². The standard InChI is InChI=1S/C21H18N2O2S/c1-13-19(25-3)18(21(24)23(2)22-13)17-15-11-7-8-12-16(15)26-20(17)14-9-5-4-6-10-14/h4-12H,1-3H3. The second-order valence-electron chi connectivity index (χ2n) is 6.09. The lowest BCUT2D eigenvalue weighted by Crippen LogP contribution is -2.23. The summed E-state index contributed by atoms with van der Waals surface area (Å²) >= 11 is 1.69. The summed E-state index contributed by atoms with van der Waals surface area (Å²) < 4.78 is 8.13. The van der Waals surface area contributed by atoms with Gasteiger partial charge in [0, 0.05) is 27.6 Å². The van der Waals surface area contributed by atoms with Gasteiger partial charge in [-0.3, -0.25) is 4.79 Å². The third-order valence-corrected chi connectivity index (χ3v) is 5.67. The highest BCUT2D eigenvalue weighted by Gasteiger charge is 2.24. The molecular weight excluding hydrogens is 344 g/mol. The van der Waals surface area contributed by atoms with Crippen molar-refractivity contribution in [2.45, 2.75) is 6.92 Å². The quantitative estimate of drug-likeness (QED) is 0.533. The molecule has 0 saturated carbocycles. The Morgan fingerprint density at radius 2 is 1.69 bits per heavy atom. The van der Waals surface area contributed by atoms with Gasteiger partial charge in [0.05, 0.1) is 12.7 Å². The highest BCUT2D eigenvalue weighted by Crippen LogP contribution is 2.46. The predicted molar refractivity (Wildman–Crippen MR) is 107 cm³/mol. The molecule has 2 aromatic heterocycles. The average molecular weight is 362 g/mol. The van der Waals surface area contributed by atoms with Crippen LogP contribution < -0.4 is 10.3 Å². The molecule has 0 aliphatic heterocycles. The Bertz CT molecular complexity index is 1160. The topological polar surface area (TPSA) is 44.1 Å². The fourth-order valence-electron chi connectivity index (χ4n) is 3.31. The first-order chi connectivity index (χ1) is 12.6. The summed E-state index contributed by atoms with van der Waals surface area (Å²) in [7, 11) is 3.26. The van der Waals surface area contributed by atoms with Gasteiger partial charge in [-0.25, -0.2) is 4.68 Å². The van der Waals surface area contributed by atoms with Crippen LogP contribution in [0.1, 0.15) is 5.69 Å². The molecule has 0 aliphatic carbocycles. The monoisotopic (exact) mass is 362 g/mol. The molecule has 0 spiro atoms. The number of ether oxygens (including phenoxy) is 1. The van der Waals surface area contributed by atoms with Gasteiger partial charge in [0.1, 0.15) is 5.69 Å². The summed E-state index contributed by atoms with van der Waals surface area (Å²) in [5, 5.41) is 5.33. The Morgan fingerprint density at radius 1 is 1.00 bits per heavy atom. The lowest BCUT2D eigenvalue weighted by atomic mass is 9.99. The number of hydrogen-bond donors (Lipinski definition) is 0. The minimum absolute atomic E-state index is 0.159. The molecule has 0 radical (unpaired) electrons. The third kappa shape index (κ3) is 2.52. The third-order valence-electron chi connectivity index (χ3n) is 4.45. The highest BCUT2D eigenvalue weighted by molar-refractivity contribution is 7.23. The summed E-state index contributed by atoms with van der Waals surface area (Å²) in [5.74, 6) is 0.536. The highest BCUT2D eigenvalue weighted by atomic mass is 32.1. The fourth-order valence-corrected chi connectivity index (χ4v) is 4.53. The zero-order valence-electron chi connectivity index (χ0n) is 14.8. The van der Waals surface area contributed by atoms with Crippen molar-refractivity contribution >= 4 is 21.4 Å². The molecule has 0 unspecified atom stereocenters. The van der Waals surface area contributed by atoms with Gasteiger partial charge in [-0.1, -0.05) is 48.5 Å². The largest absolute Gasteiger partial charge is 0.494 e. The van der Waals surface area contributed by atoms with Crippen molar-refractivity contribution < 1.29 is 4.74 Å². The number of fused-ring (bicyclic) bond motifs is 1. The number of benzene rings is 2. The van der Waals surface area contributed by atoms with Gasteiger partial charge in [0.25, 0.3) is 5.56 Å². The molecule has 26 heavy (non-hydrogen) atoms. The van der Waals surface area contributed by atoms with E-state index in [0.29, 0.717) is 17.0 Å². The molecule has 0 atom stereocenters. The Morgan fingerprint density at radius 3 is 2.42 bits per heavy atom. The number of methoxy groups -OCH3 is 1. The molecule has 0 bridgehead atoms. The van der Waals surface area contributed by atoms with Crippen LogP contribution in [-0.2, 0) is 7.05 Å². The molecule has 0 N–H and O–H groups in total. The van der Waals surface area contributed by atoms with Crippen molar-refractivity contribution in [3.63, 3.8) is 0 Å². The van der Waals surface area contributed by atoms with Gasteiger partial charge in [-0.05, 0) is 18.6 Å². The van der Waals surface area contributed by atoms with E-state index in [-0.39, 0.29) is 5.56 Å². The van der Waals surface area contributed by atoms with Crippen molar-refractivity contribution in [2.75, 3.05) is 7.11 Å². The molecule has 4 nitrogen and oxygen atoms in total. The van der Waals surface area contributed by atoms with Crippen LogP contribution in [0.2, 0.25) is 0 Å². The van der Waals surface area contributed by atoms with Gasteiger partial charge >= 0.3 is 0 Å². The van der Waals surface area contributed by atoms with Crippen LogP contribution in [0.5, 0.6) is 5.75 Å². The number of aromatic nitrogens is 2. The van der Waals surface area contributed by atoms with Crippen LogP contribution in [0.4, 0.5) is 0 Å². The normalized spacial score (nSPS) is 11.0. The molecule has 2 aromatic carbocycles. The average Bonchev–Trinajstić information content (AvgIpc) is 3.04. The number of hydrogen-bond acceptors (Lipinski definition) is 4. The SMILES string of the molecule is COc1c(C)nn(C)c(=O)c1-c1c(-c2ccccc2)sc2ccccc12. The van der Waals surface area contributed by atoms with Gasteiger partial charge in [0.15, 0.2) is 5.75 Å². The van der Waals surface area contributed by atoms with Crippen LogP contribution >= 0.6 is 11.3 Å². The molecule has 5 heteroatoms. The van der Waals surface area contributed by atoms with Gasteiger partial charge in [-0.15, -0.1) is 11.3 Å². The molecule has 130 valence electrons. The molecule has 0 aliphatic rings. The minimum Gasteiger partial charge on any atom is -0.494 e. The first-order valence-electron chi connectivity index (χ1n) is 8.31. The number of nitrogens with zero attached hydrogens (tertiary/aromatic N) is 2. The smallest absolute Gasteiger partial charge is 0.278 e. The summed E-state index contributed by atoms with van der Waals surface area (Å²) in [6.45, 7) is 1.86. The van der Waals surface area contributed by atoms with Crippen LogP contribution in [0.15, 0.2) is 59.4 Å². The lowest BCUT2D eigenvalue weighted by Gasteiger charge is -2.13. The van der Waals surface area contributed by atoms with E-state index in [0.717, 1.165) is 26.1 Å². The van der Waals surface area contributed by atoms with Crippen molar-refractivity contribution in [1.29, 1.82) is 0 Å². The second-order valence-corrected chi connectivity index (χ2v) is 7.14. The predicted octanol–water partition coefficient (Wildman–Crippen LogP) is 4.65. The van der Waals surface area contributed by atoms with Crippen molar-refractivity contribution in [2.24, 2.45) is 7.05 Å². The van der Waals surface area contributed by atoms with Crippen LogP contribution in [0.25, 0.3) is 31.7 Å². The second kappa shape index (κ2) is 6.42. The maximum Gasteiger partial charge on any atom is 0.278 e. The summed E-state index contributed by atoms with van der Waals surface area (Å²) in [6, 6.07) is 18.3. The van der Waals surface area contributed by atoms with Crippen LogP contribution in [0, 0.1) is 6.92 Å². The zero-order valence-corrected chi connectivity index (χ0v) is 15.6. The minimum atomic E-state index is -0.159. The Balaban J connectivity index is 2.18. The molecule has 2 heterocycles. The van der Waals surface area contributed by atoms with E-state index in [1.807, 2.05) is 37.3 Å². The van der Waals surface area contributed by atoms with Crippen LogP contribution in [0.3, 0.4) is 0 Å². The molecule has 4 aromatic rings. The molecular formula is C21H18N2O2S.